The van der Waals surface area contributed by atoms with E-state index in [0.29, 0.717) is 13.2 Å². The summed E-state index contributed by atoms with van der Waals surface area (Å²) < 4.78 is 22.2. The molecular formula is C26H54O3P+. The third-order valence-electron chi connectivity index (χ3n) is 5.89. The maximum absolute atomic E-state index is 11.6. The predicted octanol–water partition coefficient (Wildman–Crippen LogP) is 10.3. The van der Waals surface area contributed by atoms with Gasteiger partial charge in [0.15, 0.2) is 0 Å². The van der Waals surface area contributed by atoms with Crippen molar-refractivity contribution in [3.05, 3.63) is 0 Å². The molecule has 0 N–H and O–H groups in total. The summed E-state index contributed by atoms with van der Waals surface area (Å²) in [6, 6.07) is 0. The van der Waals surface area contributed by atoms with Gasteiger partial charge in [0.05, 0.1) is 0 Å². The van der Waals surface area contributed by atoms with Crippen LogP contribution in [-0.4, -0.2) is 13.2 Å². The smallest absolute Gasteiger partial charge is 0.119 e. The fourth-order valence-electron chi connectivity index (χ4n) is 3.85. The fraction of sp³-hybridized carbons (Fsp3) is 1.00. The van der Waals surface area contributed by atoms with E-state index in [1.165, 1.54) is 128 Å². The molecule has 4 heteroatoms. The second-order valence-electron chi connectivity index (χ2n) is 8.96. The van der Waals surface area contributed by atoms with E-state index in [1.54, 1.807) is 0 Å². The summed E-state index contributed by atoms with van der Waals surface area (Å²) in [5.74, 6) is 0. The van der Waals surface area contributed by atoms with Crippen molar-refractivity contribution in [2.24, 2.45) is 0 Å². The molecule has 0 spiro atoms. The van der Waals surface area contributed by atoms with Gasteiger partial charge < -0.3 is 0 Å². The van der Waals surface area contributed by atoms with Crippen LogP contribution in [0.25, 0.3) is 0 Å². The molecule has 0 radical (unpaired) electrons. The van der Waals surface area contributed by atoms with Crippen LogP contribution < -0.4 is 0 Å². The summed E-state index contributed by atoms with van der Waals surface area (Å²) in [5.41, 5.74) is 0. The van der Waals surface area contributed by atoms with E-state index < -0.39 is 8.25 Å². The molecule has 30 heavy (non-hydrogen) atoms. The van der Waals surface area contributed by atoms with Gasteiger partial charge in [-0.25, -0.2) is 0 Å². The zero-order valence-electron chi connectivity index (χ0n) is 20.6. The van der Waals surface area contributed by atoms with Crippen LogP contribution in [0.3, 0.4) is 0 Å². The largest absolute Gasteiger partial charge is 0.697 e. The molecule has 0 aromatic carbocycles. The Balaban J connectivity index is 3.11. The first-order chi connectivity index (χ1) is 14.8. The Morgan fingerprint density at radius 2 is 0.633 bits per heavy atom. The van der Waals surface area contributed by atoms with Crippen LogP contribution in [0.15, 0.2) is 0 Å². The first kappa shape index (κ1) is 30.0. The SMILES string of the molecule is CCCCCCCCCCCCCCCCCCO[P+](=O)OCCCCCCCC. The molecule has 1 atom stereocenters. The molecule has 3 nitrogen and oxygen atoms in total. The zero-order chi connectivity index (χ0) is 22.0. The molecule has 0 aliphatic heterocycles. The molecule has 0 aliphatic rings. The number of hydrogen-bond donors (Lipinski definition) is 0. The van der Waals surface area contributed by atoms with Crippen LogP contribution in [0, 0.1) is 0 Å². The lowest BCUT2D eigenvalue weighted by molar-refractivity contribution is 0.218. The minimum absolute atomic E-state index is 0.570. The molecule has 0 bridgehead atoms. The van der Waals surface area contributed by atoms with E-state index in [-0.39, 0.29) is 0 Å². The summed E-state index contributed by atoms with van der Waals surface area (Å²) in [6.07, 6.45) is 29.1. The van der Waals surface area contributed by atoms with Gasteiger partial charge in [-0.3, -0.25) is 0 Å². The molecule has 0 amide bonds. The van der Waals surface area contributed by atoms with E-state index in [0.717, 1.165) is 12.8 Å². The van der Waals surface area contributed by atoms with Crippen LogP contribution in [0.5, 0.6) is 0 Å². The lowest BCUT2D eigenvalue weighted by Crippen LogP contribution is -1.92. The maximum atomic E-state index is 11.6. The van der Waals surface area contributed by atoms with Crippen LogP contribution >= 0.6 is 8.25 Å². The van der Waals surface area contributed by atoms with Crippen LogP contribution in [-0.2, 0) is 13.6 Å². The summed E-state index contributed by atoms with van der Waals surface area (Å²) in [6.45, 7) is 5.65. The lowest BCUT2D eigenvalue weighted by atomic mass is 10.0. The van der Waals surface area contributed by atoms with Crippen molar-refractivity contribution in [3.63, 3.8) is 0 Å². The quantitative estimate of drug-likeness (QED) is 0.0981. The molecule has 1 unspecified atom stereocenters. The predicted molar refractivity (Wildman–Crippen MR) is 132 cm³/mol. The van der Waals surface area contributed by atoms with E-state index >= 15 is 0 Å². The maximum Gasteiger partial charge on any atom is 0.697 e. The minimum atomic E-state index is -1.90. The third kappa shape index (κ3) is 26.1. The highest BCUT2D eigenvalue weighted by Crippen LogP contribution is 2.25. The Kier molecular flexibility index (Phi) is 27.1. The second kappa shape index (κ2) is 27.1. The van der Waals surface area contributed by atoms with Crippen molar-refractivity contribution >= 4 is 8.25 Å². The van der Waals surface area contributed by atoms with Crippen LogP contribution in [0.2, 0.25) is 0 Å². The van der Waals surface area contributed by atoms with Crippen LogP contribution in [0.1, 0.15) is 155 Å². The van der Waals surface area contributed by atoms with Crippen molar-refractivity contribution in [2.75, 3.05) is 13.2 Å². The Morgan fingerprint density at radius 1 is 0.400 bits per heavy atom. The van der Waals surface area contributed by atoms with Gasteiger partial charge in [0.2, 0.25) is 0 Å². The normalized spacial score (nSPS) is 11.9. The molecule has 0 aromatic rings. The number of unbranched alkanes of at least 4 members (excludes halogenated alkanes) is 20. The van der Waals surface area contributed by atoms with Crippen LogP contribution in [0.4, 0.5) is 0 Å². The van der Waals surface area contributed by atoms with Crippen molar-refractivity contribution in [2.45, 2.75) is 155 Å². The van der Waals surface area contributed by atoms with Crippen molar-refractivity contribution in [1.82, 2.24) is 0 Å². The van der Waals surface area contributed by atoms with Gasteiger partial charge in [-0.05, 0) is 12.8 Å². The first-order valence-electron chi connectivity index (χ1n) is 13.5. The Bertz CT molecular complexity index is 336. The minimum Gasteiger partial charge on any atom is -0.119 e. The van der Waals surface area contributed by atoms with Gasteiger partial charge in [-0.1, -0.05) is 142 Å². The number of hydrogen-bond acceptors (Lipinski definition) is 3. The molecule has 0 saturated carbocycles. The average molecular weight is 446 g/mol. The Hall–Kier alpha value is 0.0200. The van der Waals surface area contributed by atoms with Crippen molar-refractivity contribution < 1.29 is 13.6 Å². The summed E-state index contributed by atoms with van der Waals surface area (Å²) >= 11 is 0. The highest BCUT2D eigenvalue weighted by molar-refractivity contribution is 7.33. The monoisotopic (exact) mass is 445 g/mol. The van der Waals surface area contributed by atoms with Gasteiger partial charge in [0.1, 0.15) is 13.2 Å². The molecule has 0 fully saturated rings. The van der Waals surface area contributed by atoms with Crippen molar-refractivity contribution in [3.8, 4) is 0 Å². The highest BCUT2D eigenvalue weighted by Gasteiger charge is 2.18. The standard InChI is InChI=1S/C26H54O3P/c1-3-5-7-9-11-12-13-14-15-16-17-18-19-20-22-24-26-29-30(27)28-25-23-21-10-8-6-4-2/h3-26H2,1-2H3/q+1. The first-order valence-corrected chi connectivity index (χ1v) is 14.6. The summed E-state index contributed by atoms with van der Waals surface area (Å²) in [4.78, 5) is 0. The Morgan fingerprint density at radius 3 is 0.900 bits per heavy atom. The van der Waals surface area contributed by atoms with Crippen molar-refractivity contribution in [1.29, 1.82) is 0 Å². The van der Waals surface area contributed by atoms with E-state index in [2.05, 4.69) is 13.8 Å². The highest BCUT2D eigenvalue weighted by atomic mass is 31.1. The fourth-order valence-corrected chi connectivity index (χ4v) is 4.48. The lowest BCUT2D eigenvalue weighted by Gasteiger charge is -2.03. The van der Waals surface area contributed by atoms with Gasteiger partial charge in [0.25, 0.3) is 0 Å². The van der Waals surface area contributed by atoms with E-state index in [4.69, 9.17) is 9.05 Å². The van der Waals surface area contributed by atoms with E-state index in [9.17, 15) is 4.57 Å². The molecule has 0 saturated heterocycles. The zero-order valence-corrected chi connectivity index (χ0v) is 21.5. The molecule has 0 aliphatic carbocycles. The molecule has 0 aromatic heterocycles. The third-order valence-corrected chi connectivity index (χ3v) is 6.68. The van der Waals surface area contributed by atoms with Gasteiger partial charge in [0, 0.05) is 4.57 Å². The average Bonchev–Trinajstić information content (AvgIpc) is 2.75. The summed E-state index contributed by atoms with van der Waals surface area (Å²) in [5, 5.41) is 0. The number of rotatable bonds is 26. The Labute approximate surface area is 190 Å². The molecule has 0 heterocycles. The van der Waals surface area contributed by atoms with E-state index in [1.807, 2.05) is 0 Å². The van der Waals surface area contributed by atoms with Gasteiger partial charge in [-0.2, -0.15) is 0 Å². The van der Waals surface area contributed by atoms with Gasteiger partial charge >= 0.3 is 8.25 Å². The molecule has 0 rings (SSSR count). The van der Waals surface area contributed by atoms with Gasteiger partial charge in [-0.15, -0.1) is 9.05 Å². The second-order valence-corrected chi connectivity index (χ2v) is 9.92. The summed E-state index contributed by atoms with van der Waals surface area (Å²) in [7, 11) is -1.90. The molecule has 180 valence electrons. The molecular weight excluding hydrogens is 391 g/mol. The topological polar surface area (TPSA) is 35.5 Å².